The first-order chi connectivity index (χ1) is 7.53. The number of halogens is 2. The molecule has 1 nitrogen and oxygen atoms in total. The molecule has 0 unspecified atom stereocenters. The first kappa shape index (κ1) is 11.5. The predicted molar refractivity (Wildman–Crippen MR) is 59.9 cm³/mol. The molecular weight excluding hydrogens is 208 g/mol. The van der Waals surface area contributed by atoms with E-state index in [4.69, 9.17) is 5.73 Å². The van der Waals surface area contributed by atoms with Gasteiger partial charge in [-0.1, -0.05) is 19.1 Å². The molecule has 0 spiro atoms. The van der Waals surface area contributed by atoms with E-state index in [9.17, 15) is 8.78 Å². The smallest absolute Gasteiger partial charge is 0.163 e. The van der Waals surface area contributed by atoms with E-state index >= 15 is 0 Å². The third-order valence-corrected chi connectivity index (χ3v) is 3.65. The van der Waals surface area contributed by atoms with Crippen molar-refractivity contribution in [3.8, 4) is 0 Å². The fourth-order valence-electron chi connectivity index (χ4n) is 2.43. The second-order valence-electron chi connectivity index (χ2n) is 4.94. The minimum Gasteiger partial charge on any atom is -0.321 e. The Bertz CT molecular complexity index is 382. The van der Waals surface area contributed by atoms with E-state index in [-0.39, 0.29) is 0 Å². The maximum absolute atomic E-state index is 13.7. The lowest BCUT2D eigenvalue weighted by Gasteiger charge is -2.36. The minimum absolute atomic E-state index is 0.333. The van der Waals surface area contributed by atoms with Crippen molar-refractivity contribution in [2.45, 2.75) is 38.1 Å². The van der Waals surface area contributed by atoms with Crippen LogP contribution in [0.15, 0.2) is 18.2 Å². The van der Waals surface area contributed by atoms with Gasteiger partial charge in [0.25, 0.3) is 0 Å². The molecule has 1 saturated carbocycles. The van der Waals surface area contributed by atoms with Crippen molar-refractivity contribution >= 4 is 0 Å². The number of hydrogen-bond donors (Lipinski definition) is 1. The number of nitrogens with two attached hydrogens (primary N) is 1. The van der Waals surface area contributed by atoms with Gasteiger partial charge in [0.05, 0.1) is 0 Å². The Balaban J connectivity index is 2.32. The van der Waals surface area contributed by atoms with Crippen molar-refractivity contribution in [1.29, 1.82) is 0 Å². The summed E-state index contributed by atoms with van der Waals surface area (Å²) >= 11 is 0. The van der Waals surface area contributed by atoms with E-state index in [1.165, 1.54) is 6.07 Å². The van der Waals surface area contributed by atoms with Crippen molar-refractivity contribution in [2.75, 3.05) is 0 Å². The Morgan fingerprint density at radius 3 is 2.50 bits per heavy atom. The molecule has 3 heteroatoms. The van der Waals surface area contributed by atoms with Crippen LogP contribution in [0, 0.1) is 17.6 Å². The fraction of sp³-hybridized carbons (Fsp3) is 0.538. The molecule has 0 aliphatic heterocycles. The zero-order valence-electron chi connectivity index (χ0n) is 9.47. The average Bonchev–Trinajstić information content (AvgIpc) is 2.27. The molecular formula is C13H17F2N. The molecule has 88 valence electrons. The average molecular weight is 225 g/mol. The van der Waals surface area contributed by atoms with Gasteiger partial charge in [-0.3, -0.25) is 0 Å². The van der Waals surface area contributed by atoms with Crippen LogP contribution in [0.3, 0.4) is 0 Å². The Kier molecular flexibility index (Phi) is 2.98. The first-order valence-corrected chi connectivity index (χ1v) is 5.76. The van der Waals surface area contributed by atoms with Crippen LogP contribution in [0.5, 0.6) is 0 Å². The maximum Gasteiger partial charge on any atom is 0.163 e. The van der Waals surface area contributed by atoms with Crippen LogP contribution < -0.4 is 5.73 Å². The molecule has 0 amide bonds. The van der Waals surface area contributed by atoms with Crippen molar-refractivity contribution in [3.63, 3.8) is 0 Å². The van der Waals surface area contributed by atoms with Gasteiger partial charge < -0.3 is 5.73 Å². The summed E-state index contributed by atoms with van der Waals surface area (Å²) < 4.78 is 26.8. The van der Waals surface area contributed by atoms with Gasteiger partial charge in [-0.2, -0.15) is 0 Å². The Morgan fingerprint density at radius 2 is 1.88 bits per heavy atom. The molecule has 1 aromatic rings. The molecule has 0 atom stereocenters. The lowest BCUT2D eigenvalue weighted by molar-refractivity contribution is 0.240. The highest BCUT2D eigenvalue weighted by Gasteiger charge is 2.34. The molecule has 0 radical (unpaired) electrons. The molecule has 1 aliphatic rings. The van der Waals surface area contributed by atoms with E-state index in [0.29, 0.717) is 11.5 Å². The molecule has 0 aromatic heterocycles. The minimum atomic E-state index is -0.805. The highest BCUT2D eigenvalue weighted by molar-refractivity contribution is 5.27. The van der Waals surface area contributed by atoms with Gasteiger partial charge >= 0.3 is 0 Å². The van der Waals surface area contributed by atoms with Crippen molar-refractivity contribution in [2.24, 2.45) is 11.7 Å². The molecule has 2 rings (SSSR count). The zero-order chi connectivity index (χ0) is 11.8. The molecule has 0 bridgehead atoms. The highest BCUT2D eigenvalue weighted by atomic mass is 19.2. The van der Waals surface area contributed by atoms with Gasteiger partial charge in [-0.05, 0) is 37.7 Å². The van der Waals surface area contributed by atoms with Crippen LogP contribution in [0.2, 0.25) is 0 Å². The zero-order valence-corrected chi connectivity index (χ0v) is 9.47. The SMILES string of the molecule is CC1CCC(N)(c2cccc(F)c2F)CC1. The van der Waals surface area contributed by atoms with Crippen LogP contribution in [-0.4, -0.2) is 0 Å². The van der Waals surface area contributed by atoms with Gasteiger partial charge in [-0.25, -0.2) is 8.78 Å². The summed E-state index contributed by atoms with van der Waals surface area (Å²) in [4.78, 5) is 0. The molecule has 16 heavy (non-hydrogen) atoms. The molecule has 0 saturated heterocycles. The van der Waals surface area contributed by atoms with E-state index in [1.54, 1.807) is 6.07 Å². The third-order valence-electron chi connectivity index (χ3n) is 3.65. The molecule has 1 aromatic carbocycles. The second-order valence-corrected chi connectivity index (χ2v) is 4.94. The number of benzene rings is 1. The lowest BCUT2D eigenvalue weighted by Crippen LogP contribution is -2.41. The van der Waals surface area contributed by atoms with Gasteiger partial charge in [0.15, 0.2) is 11.6 Å². The molecule has 0 heterocycles. The molecule has 1 fully saturated rings. The van der Waals surface area contributed by atoms with E-state index < -0.39 is 17.2 Å². The summed E-state index contributed by atoms with van der Waals surface area (Å²) in [6, 6.07) is 4.27. The quantitative estimate of drug-likeness (QED) is 0.779. The summed E-state index contributed by atoms with van der Waals surface area (Å²) in [5.41, 5.74) is 5.86. The van der Waals surface area contributed by atoms with Gasteiger partial charge in [0, 0.05) is 11.1 Å². The summed E-state index contributed by atoms with van der Waals surface area (Å²) in [6.45, 7) is 2.17. The Labute approximate surface area is 94.7 Å². The Hall–Kier alpha value is -0.960. The van der Waals surface area contributed by atoms with Crippen molar-refractivity contribution in [1.82, 2.24) is 0 Å². The van der Waals surface area contributed by atoms with Crippen molar-refractivity contribution in [3.05, 3.63) is 35.4 Å². The lowest BCUT2D eigenvalue weighted by atomic mass is 9.74. The van der Waals surface area contributed by atoms with Crippen LogP contribution in [0.25, 0.3) is 0 Å². The largest absolute Gasteiger partial charge is 0.321 e. The van der Waals surface area contributed by atoms with Crippen LogP contribution >= 0.6 is 0 Å². The topological polar surface area (TPSA) is 26.0 Å². The van der Waals surface area contributed by atoms with Gasteiger partial charge in [-0.15, -0.1) is 0 Å². The van der Waals surface area contributed by atoms with Crippen LogP contribution in [0.4, 0.5) is 8.78 Å². The van der Waals surface area contributed by atoms with Gasteiger partial charge in [0.1, 0.15) is 0 Å². The maximum atomic E-state index is 13.7. The predicted octanol–water partition coefficient (Wildman–Crippen LogP) is 3.33. The Morgan fingerprint density at radius 1 is 1.25 bits per heavy atom. The van der Waals surface area contributed by atoms with E-state index in [1.807, 2.05) is 0 Å². The normalized spacial score (nSPS) is 30.4. The van der Waals surface area contributed by atoms with Crippen LogP contribution in [-0.2, 0) is 5.54 Å². The van der Waals surface area contributed by atoms with Crippen LogP contribution in [0.1, 0.15) is 38.2 Å². The first-order valence-electron chi connectivity index (χ1n) is 5.76. The van der Waals surface area contributed by atoms with Gasteiger partial charge in [0.2, 0.25) is 0 Å². The third kappa shape index (κ3) is 1.96. The molecule has 1 aliphatic carbocycles. The van der Waals surface area contributed by atoms with E-state index in [0.717, 1.165) is 31.7 Å². The number of rotatable bonds is 1. The summed E-state index contributed by atoms with van der Waals surface area (Å²) in [7, 11) is 0. The fourth-order valence-corrected chi connectivity index (χ4v) is 2.43. The summed E-state index contributed by atoms with van der Waals surface area (Å²) in [6.07, 6.45) is 3.42. The summed E-state index contributed by atoms with van der Waals surface area (Å²) in [5, 5.41) is 0. The standard InChI is InChI=1S/C13H17F2N/c1-9-5-7-13(16,8-6-9)10-3-2-4-11(14)12(10)15/h2-4,9H,5-8,16H2,1H3. The van der Waals surface area contributed by atoms with E-state index in [2.05, 4.69) is 6.92 Å². The highest BCUT2D eigenvalue weighted by Crippen LogP contribution is 2.38. The van der Waals surface area contributed by atoms with Crippen molar-refractivity contribution < 1.29 is 8.78 Å². The second kappa shape index (κ2) is 4.13. The monoisotopic (exact) mass is 225 g/mol. The summed E-state index contributed by atoms with van der Waals surface area (Å²) in [5.74, 6) is -0.950. The number of hydrogen-bond acceptors (Lipinski definition) is 1. The molecule has 2 N–H and O–H groups in total.